The third kappa shape index (κ3) is 3.65. The van der Waals surface area contributed by atoms with Gasteiger partial charge >= 0.3 is 0 Å². The molecule has 1 N–H and O–H groups in total. The Morgan fingerprint density at radius 1 is 1.07 bits per heavy atom. The van der Waals surface area contributed by atoms with Crippen LogP contribution in [-0.2, 0) is 14.4 Å². The van der Waals surface area contributed by atoms with E-state index in [0.29, 0.717) is 5.56 Å². The second kappa shape index (κ2) is 6.90. The largest absolute Gasteiger partial charge is 0.436 e. The first-order valence-corrected chi connectivity index (χ1v) is 9.04. The molecule has 1 aliphatic carbocycles. The molecule has 0 atom stereocenters. The molecule has 2 heterocycles. The number of nitrogens with one attached hydrogen (secondary N) is 1. The third-order valence-corrected chi connectivity index (χ3v) is 4.91. The Morgan fingerprint density at radius 3 is 2.41 bits per heavy atom. The van der Waals surface area contributed by atoms with Crippen molar-refractivity contribution in [3.63, 3.8) is 0 Å². The summed E-state index contributed by atoms with van der Waals surface area (Å²) in [6, 6.07) is 2.97. The Hall–Kier alpha value is -2.51. The maximum atomic E-state index is 12.0. The van der Waals surface area contributed by atoms with Gasteiger partial charge in [0.05, 0.1) is 16.5 Å². The van der Waals surface area contributed by atoms with Crippen LogP contribution in [-0.4, -0.2) is 35.6 Å². The lowest BCUT2D eigenvalue weighted by atomic mass is 10.0. The van der Waals surface area contributed by atoms with Crippen LogP contribution in [0.4, 0.5) is 0 Å². The van der Waals surface area contributed by atoms with Crippen molar-refractivity contribution in [3.8, 4) is 5.75 Å². The van der Waals surface area contributed by atoms with Gasteiger partial charge in [0.1, 0.15) is 12.3 Å². The Kier molecular flexibility index (Phi) is 4.57. The number of halogens is 2. The number of nitrogens with zero attached hydrogens (tertiary/aromatic N) is 2. The van der Waals surface area contributed by atoms with Crippen LogP contribution in [0.15, 0.2) is 33.9 Å². The molecule has 1 amide bonds. The number of hydrogen-bond donors (Lipinski definition) is 1. The summed E-state index contributed by atoms with van der Waals surface area (Å²) in [5, 5.41) is 4.09. The molecule has 1 aromatic carbocycles. The molecule has 1 aromatic rings. The molecule has 138 valence electrons. The van der Waals surface area contributed by atoms with Crippen LogP contribution in [0, 0.1) is 5.92 Å². The van der Waals surface area contributed by atoms with Gasteiger partial charge < -0.3 is 4.74 Å². The van der Waals surface area contributed by atoms with E-state index in [0.717, 1.165) is 18.4 Å². The molecule has 9 heteroatoms. The quantitative estimate of drug-likeness (QED) is 0.780. The summed E-state index contributed by atoms with van der Waals surface area (Å²) >= 11 is 12.6. The molecule has 1 fully saturated rings. The summed E-state index contributed by atoms with van der Waals surface area (Å²) in [7, 11) is 0. The summed E-state index contributed by atoms with van der Waals surface area (Å²) in [6.07, 6.45) is 3.34. The number of rotatable bonds is 3. The van der Waals surface area contributed by atoms with E-state index in [-0.39, 0.29) is 52.1 Å². The van der Waals surface area contributed by atoms with Gasteiger partial charge in [-0.15, -0.1) is 0 Å². The molecule has 0 radical (unpaired) electrons. The summed E-state index contributed by atoms with van der Waals surface area (Å²) in [5.74, 6) is -0.157. The maximum absolute atomic E-state index is 12.0. The predicted molar refractivity (Wildman–Crippen MR) is 99.5 cm³/mol. The highest BCUT2D eigenvalue weighted by atomic mass is 35.5. The van der Waals surface area contributed by atoms with Crippen molar-refractivity contribution in [3.05, 3.63) is 39.4 Å². The first-order valence-electron chi connectivity index (χ1n) is 8.28. The number of ketones is 2. The smallest absolute Gasteiger partial charge is 0.247 e. The Labute approximate surface area is 164 Å². The highest BCUT2D eigenvalue weighted by Crippen LogP contribution is 2.39. The van der Waals surface area contributed by atoms with Gasteiger partial charge in [-0.3, -0.25) is 14.4 Å². The fourth-order valence-electron chi connectivity index (χ4n) is 2.88. The first kappa shape index (κ1) is 17.9. The third-order valence-electron chi connectivity index (χ3n) is 4.35. The monoisotopic (exact) mass is 405 g/mol. The fraction of sp³-hybridized carbons (Fsp3) is 0.278. The average molecular weight is 406 g/mol. The molecule has 2 aliphatic heterocycles. The van der Waals surface area contributed by atoms with Gasteiger partial charge in [0.25, 0.3) is 0 Å². The number of carbonyl (C=O) groups excluding carboxylic acids is 3. The van der Waals surface area contributed by atoms with Crippen molar-refractivity contribution in [1.82, 2.24) is 5.43 Å². The van der Waals surface area contributed by atoms with Gasteiger partial charge in [-0.2, -0.15) is 5.10 Å². The maximum Gasteiger partial charge on any atom is 0.247 e. The van der Waals surface area contributed by atoms with Crippen LogP contribution in [0.3, 0.4) is 0 Å². The number of hydrazone groups is 1. The lowest BCUT2D eigenvalue weighted by Gasteiger charge is -2.16. The van der Waals surface area contributed by atoms with E-state index < -0.39 is 11.7 Å². The van der Waals surface area contributed by atoms with E-state index in [2.05, 4.69) is 15.5 Å². The highest BCUT2D eigenvalue weighted by Gasteiger charge is 2.32. The van der Waals surface area contributed by atoms with Crippen LogP contribution < -0.4 is 10.2 Å². The van der Waals surface area contributed by atoms with E-state index in [4.69, 9.17) is 27.9 Å². The molecule has 0 aromatic heterocycles. The van der Waals surface area contributed by atoms with E-state index in [1.54, 1.807) is 6.08 Å². The standard InChI is InChI=1S/C18H13Cl2N3O4/c19-11-3-9(17-13(24)6-15(26)22-23-17)4-12(20)18(11)27-16-5-10(8-1-2-8)14(25)7-21-16/h3-5,8H,1-2,6-7H2,(H,22,26). The Balaban J connectivity index is 1.61. The average Bonchev–Trinajstić information content (AvgIpc) is 3.44. The number of carbonyl (C=O) groups is 3. The molecule has 4 rings (SSSR count). The van der Waals surface area contributed by atoms with Crippen LogP contribution >= 0.6 is 23.2 Å². The minimum absolute atomic E-state index is 0.00765. The van der Waals surface area contributed by atoms with Crippen LogP contribution in [0.5, 0.6) is 5.75 Å². The zero-order valence-corrected chi connectivity index (χ0v) is 15.4. The molecule has 0 saturated heterocycles. The van der Waals surface area contributed by atoms with Crippen molar-refractivity contribution in [2.24, 2.45) is 16.0 Å². The summed E-state index contributed by atoms with van der Waals surface area (Å²) < 4.78 is 5.72. The Bertz CT molecular complexity index is 954. The van der Waals surface area contributed by atoms with Crippen molar-refractivity contribution < 1.29 is 19.1 Å². The summed E-state index contributed by atoms with van der Waals surface area (Å²) in [5.41, 5.74) is 3.42. The number of amides is 1. The number of Topliss-reactive ketones (excluding diaryl/α,β-unsaturated/α-hetero) is 2. The molecule has 27 heavy (non-hydrogen) atoms. The molecule has 0 unspecified atom stereocenters. The number of dihydropyridines is 1. The predicted octanol–water partition coefficient (Wildman–Crippen LogP) is 2.48. The molecule has 0 spiro atoms. The van der Waals surface area contributed by atoms with Gasteiger partial charge in [-0.1, -0.05) is 23.2 Å². The van der Waals surface area contributed by atoms with E-state index >= 15 is 0 Å². The SMILES string of the molecule is O=C1CC(=O)C(c2cc(Cl)c(OC3=NCC(=O)C(C4CC4)=C3)c(Cl)c2)=NN1. The minimum atomic E-state index is -0.469. The van der Waals surface area contributed by atoms with Crippen molar-refractivity contribution in [2.75, 3.05) is 6.54 Å². The highest BCUT2D eigenvalue weighted by molar-refractivity contribution is 6.50. The molecular weight excluding hydrogens is 393 g/mol. The van der Waals surface area contributed by atoms with E-state index in [1.165, 1.54) is 12.1 Å². The van der Waals surface area contributed by atoms with Crippen molar-refractivity contribution in [1.29, 1.82) is 0 Å². The number of benzene rings is 1. The summed E-state index contributed by atoms with van der Waals surface area (Å²) in [6.45, 7) is 0.0377. The lowest BCUT2D eigenvalue weighted by Crippen LogP contribution is -2.33. The molecular formula is C18H13Cl2N3O4. The van der Waals surface area contributed by atoms with Crippen molar-refractivity contribution in [2.45, 2.75) is 19.3 Å². The van der Waals surface area contributed by atoms with E-state index in [1.807, 2.05) is 0 Å². The van der Waals surface area contributed by atoms with Gasteiger partial charge in [0.2, 0.25) is 11.8 Å². The second-order valence-corrected chi connectivity index (χ2v) is 7.23. The molecule has 0 bridgehead atoms. The molecule has 3 aliphatic rings. The number of ether oxygens (including phenoxy) is 1. The second-order valence-electron chi connectivity index (χ2n) is 6.42. The van der Waals surface area contributed by atoms with Crippen LogP contribution in [0.25, 0.3) is 0 Å². The minimum Gasteiger partial charge on any atom is -0.436 e. The zero-order valence-electron chi connectivity index (χ0n) is 13.9. The lowest BCUT2D eigenvalue weighted by molar-refractivity contribution is -0.126. The Morgan fingerprint density at radius 2 is 1.78 bits per heavy atom. The van der Waals surface area contributed by atoms with Crippen LogP contribution in [0.1, 0.15) is 24.8 Å². The fourth-order valence-corrected chi connectivity index (χ4v) is 3.44. The van der Waals surface area contributed by atoms with Crippen molar-refractivity contribution >= 4 is 52.3 Å². The normalized spacial score (nSPS) is 19.9. The summed E-state index contributed by atoms with van der Waals surface area (Å²) in [4.78, 5) is 39.2. The van der Waals surface area contributed by atoms with Gasteiger partial charge in [0, 0.05) is 17.2 Å². The van der Waals surface area contributed by atoms with Gasteiger partial charge in [-0.05, 0) is 30.9 Å². The van der Waals surface area contributed by atoms with Crippen LogP contribution in [0.2, 0.25) is 10.0 Å². The number of aliphatic imine (C=N–C) groups is 1. The van der Waals surface area contributed by atoms with Gasteiger partial charge in [0.15, 0.2) is 17.3 Å². The topological polar surface area (TPSA) is 97.2 Å². The van der Waals surface area contributed by atoms with E-state index in [9.17, 15) is 14.4 Å². The first-order chi connectivity index (χ1) is 12.9. The molecule has 1 saturated carbocycles. The number of hydrogen-bond acceptors (Lipinski definition) is 6. The van der Waals surface area contributed by atoms with Gasteiger partial charge in [-0.25, -0.2) is 10.4 Å². The zero-order chi connectivity index (χ0) is 19.1. The molecule has 7 nitrogen and oxygen atoms in total.